The lowest BCUT2D eigenvalue weighted by molar-refractivity contribution is -0.137. The Labute approximate surface area is 64.5 Å². The van der Waals surface area contributed by atoms with Crippen LogP contribution in [0, 0.1) is 0 Å². The van der Waals surface area contributed by atoms with Crippen molar-refractivity contribution in [1.29, 1.82) is 0 Å². The van der Waals surface area contributed by atoms with Gasteiger partial charge in [-0.2, -0.15) is 5.10 Å². The first-order valence-electron chi connectivity index (χ1n) is 3.46. The predicted octanol–water partition coefficient (Wildman–Crippen LogP) is 0.530. The number of carbonyl (C=O) groups is 1. The molecule has 1 aromatic rings. The van der Waals surface area contributed by atoms with E-state index in [1.807, 2.05) is 13.0 Å². The van der Waals surface area contributed by atoms with Crippen LogP contribution in [0.1, 0.15) is 12.6 Å². The lowest BCUT2D eigenvalue weighted by Crippen LogP contribution is -2.12. The van der Waals surface area contributed by atoms with Crippen LogP contribution in [0.4, 0.5) is 0 Å². The average molecular weight is 154 g/mol. The summed E-state index contributed by atoms with van der Waals surface area (Å²) in [6.45, 7) is 1.92. The smallest absolute Gasteiger partial charge is 0.325 e. The minimum Gasteiger partial charge on any atom is -0.480 e. The predicted molar refractivity (Wildman–Crippen MR) is 39.2 cm³/mol. The van der Waals surface area contributed by atoms with Gasteiger partial charge in [-0.15, -0.1) is 0 Å². The Morgan fingerprint density at radius 1 is 1.82 bits per heavy atom. The Morgan fingerprint density at radius 3 is 3.09 bits per heavy atom. The van der Waals surface area contributed by atoms with Crippen LogP contribution in [0.3, 0.4) is 0 Å². The van der Waals surface area contributed by atoms with Gasteiger partial charge in [0.2, 0.25) is 0 Å². The molecule has 0 bridgehead atoms. The Kier molecular flexibility index (Phi) is 2.25. The lowest BCUT2D eigenvalue weighted by Gasteiger charge is -2.00. The Balaban J connectivity index is 2.76. The third-order valence-corrected chi connectivity index (χ3v) is 1.45. The summed E-state index contributed by atoms with van der Waals surface area (Å²) in [7, 11) is 0. The fourth-order valence-corrected chi connectivity index (χ4v) is 0.931. The summed E-state index contributed by atoms with van der Waals surface area (Å²) in [6.07, 6.45) is 2.43. The Morgan fingerprint density at radius 2 is 2.55 bits per heavy atom. The molecule has 1 N–H and O–H groups in total. The van der Waals surface area contributed by atoms with Crippen LogP contribution >= 0.6 is 0 Å². The van der Waals surface area contributed by atoms with Crippen molar-refractivity contribution in [1.82, 2.24) is 9.78 Å². The van der Waals surface area contributed by atoms with Gasteiger partial charge in [0.1, 0.15) is 6.54 Å². The van der Waals surface area contributed by atoms with E-state index in [0.717, 1.165) is 12.1 Å². The molecule has 1 rings (SSSR count). The van der Waals surface area contributed by atoms with Crippen LogP contribution in [-0.2, 0) is 17.8 Å². The zero-order valence-electron chi connectivity index (χ0n) is 6.32. The van der Waals surface area contributed by atoms with Crippen molar-refractivity contribution >= 4 is 5.97 Å². The largest absolute Gasteiger partial charge is 0.480 e. The topological polar surface area (TPSA) is 55.1 Å². The maximum atomic E-state index is 10.3. The molecule has 0 saturated heterocycles. The van der Waals surface area contributed by atoms with E-state index < -0.39 is 5.97 Å². The van der Waals surface area contributed by atoms with Crippen LogP contribution in [-0.4, -0.2) is 20.9 Å². The monoisotopic (exact) mass is 154 g/mol. The molecule has 4 nitrogen and oxygen atoms in total. The van der Waals surface area contributed by atoms with Gasteiger partial charge in [-0.3, -0.25) is 9.48 Å². The standard InChI is InChI=1S/C7H10N2O2/c1-2-6-3-4-8-9(6)5-7(10)11/h3-4H,2,5H2,1H3,(H,10,11). The minimum absolute atomic E-state index is 0.0455. The summed E-state index contributed by atoms with van der Waals surface area (Å²) in [6, 6.07) is 1.82. The first-order valence-corrected chi connectivity index (χ1v) is 3.46. The zero-order chi connectivity index (χ0) is 8.27. The maximum Gasteiger partial charge on any atom is 0.325 e. The Hall–Kier alpha value is -1.32. The van der Waals surface area contributed by atoms with E-state index in [2.05, 4.69) is 5.10 Å². The SMILES string of the molecule is CCc1ccnn1CC(=O)O. The highest BCUT2D eigenvalue weighted by Crippen LogP contribution is 1.98. The minimum atomic E-state index is -0.858. The van der Waals surface area contributed by atoms with Crippen molar-refractivity contribution in [3.8, 4) is 0 Å². The number of aryl methyl sites for hydroxylation is 1. The van der Waals surface area contributed by atoms with Crippen LogP contribution < -0.4 is 0 Å². The van der Waals surface area contributed by atoms with Gasteiger partial charge < -0.3 is 5.11 Å². The fraction of sp³-hybridized carbons (Fsp3) is 0.429. The number of rotatable bonds is 3. The fourth-order valence-electron chi connectivity index (χ4n) is 0.931. The number of hydrogen-bond donors (Lipinski definition) is 1. The number of hydrogen-bond acceptors (Lipinski definition) is 2. The molecule has 0 saturated carbocycles. The summed E-state index contributed by atoms with van der Waals surface area (Å²) >= 11 is 0. The van der Waals surface area contributed by atoms with Gasteiger partial charge in [0.25, 0.3) is 0 Å². The maximum absolute atomic E-state index is 10.3. The first-order chi connectivity index (χ1) is 5.24. The third-order valence-electron chi connectivity index (χ3n) is 1.45. The molecule has 1 aromatic heterocycles. The molecule has 4 heteroatoms. The van der Waals surface area contributed by atoms with Crippen LogP contribution in [0.5, 0.6) is 0 Å². The number of nitrogens with zero attached hydrogens (tertiary/aromatic N) is 2. The van der Waals surface area contributed by atoms with Gasteiger partial charge in [-0.05, 0) is 12.5 Å². The van der Waals surface area contributed by atoms with E-state index in [1.54, 1.807) is 6.20 Å². The van der Waals surface area contributed by atoms with E-state index >= 15 is 0 Å². The van der Waals surface area contributed by atoms with Gasteiger partial charge in [-0.1, -0.05) is 6.92 Å². The van der Waals surface area contributed by atoms with Crippen molar-refractivity contribution in [2.75, 3.05) is 0 Å². The molecule has 0 aliphatic heterocycles. The van der Waals surface area contributed by atoms with E-state index in [1.165, 1.54) is 4.68 Å². The third kappa shape index (κ3) is 1.80. The second kappa shape index (κ2) is 3.18. The van der Waals surface area contributed by atoms with E-state index in [4.69, 9.17) is 5.11 Å². The van der Waals surface area contributed by atoms with E-state index in [9.17, 15) is 4.79 Å². The highest BCUT2D eigenvalue weighted by Gasteiger charge is 2.03. The zero-order valence-corrected chi connectivity index (χ0v) is 6.32. The number of carboxylic acid groups (broad SMARTS) is 1. The highest BCUT2D eigenvalue weighted by molar-refractivity contribution is 5.66. The molecule has 60 valence electrons. The summed E-state index contributed by atoms with van der Waals surface area (Å²) in [5.41, 5.74) is 0.951. The van der Waals surface area contributed by atoms with Crippen LogP contribution in [0.2, 0.25) is 0 Å². The van der Waals surface area contributed by atoms with Gasteiger partial charge in [0, 0.05) is 11.9 Å². The molecule has 0 atom stereocenters. The first kappa shape index (κ1) is 7.78. The normalized spacial score (nSPS) is 9.91. The molecular weight excluding hydrogens is 144 g/mol. The molecule has 1 heterocycles. The van der Waals surface area contributed by atoms with Gasteiger partial charge in [0.05, 0.1) is 0 Å². The summed E-state index contributed by atoms with van der Waals surface area (Å²) < 4.78 is 1.49. The molecule has 0 spiro atoms. The average Bonchev–Trinajstić information content (AvgIpc) is 2.34. The highest BCUT2D eigenvalue weighted by atomic mass is 16.4. The van der Waals surface area contributed by atoms with Crippen LogP contribution in [0.15, 0.2) is 12.3 Å². The number of carboxylic acids is 1. The van der Waals surface area contributed by atoms with Crippen molar-refractivity contribution in [3.63, 3.8) is 0 Å². The molecule has 0 aliphatic carbocycles. The molecule has 0 radical (unpaired) electrons. The van der Waals surface area contributed by atoms with Crippen LogP contribution in [0.25, 0.3) is 0 Å². The van der Waals surface area contributed by atoms with Gasteiger partial charge >= 0.3 is 5.97 Å². The summed E-state index contributed by atoms with van der Waals surface area (Å²) in [5.74, 6) is -0.858. The van der Waals surface area contributed by atoms with Crippen molar-refractivity contribution < 1.29 is 9.90 Å². The number of aromatic nitrogens is 2. The lowest BCUT2D eigenvalue weighted by atomic mass is 10.3. The van der Waals surface area contributed by atoms with Crippen molar-refractivity contribution in [3.05, 3.63) is 18.0 Å². The molecule has 11 heavy (non-hydrogen) atoms. The second-order valence-electron chi connectivity index (χ2n) is 2.23. The van der Waals surface area contributed by atoms with E-state index in [-0.39, 0.29) is 6.54 Å². The quantitative estimate of drug-likeness (QED) is 0.690. The second-order valence-corrected chi connectivity index (χ2v) is 2.23. The molecule has 0 amide bonds. The summed E-state index contributed by atoms with van der Waals surface area (Å²) in [4.78, 5) is 10.3. The molecule has 0 aliphatic rings. The van der Waals surface area contributed by atoms with E-state index in [0.29, 0.717) is 0 Å². The van der Waals surface area contributed by atoms with Crippen molar-refractivity contribution in [2.24, 2.45) is 0 Å². The Bertz CT molecular complexity index is 255. The van der Waals surface area contributed by atoms with Crippen molar-refractivity contribution in [2.45, 2.75) is 19.9 Å². The molecular formula is C7H10N2O2. The van der Waals surface area contributed by atoms with Gasteiger partial charge in [-0.25, -0.2) is 0 Å². The number of aliphatic carboxylic acids is 1. The molecule has 0 unspecified atom stereocenters. The molecule has 0 aromatic carbocycles. The molecule has 0 fully saturated rings. The van der Waals surface area contributed by atoms with Gasteiger partial charge in [0.15, 0.2) is 0 Å². The summed E-state index contributed by atoms with van der Waals surface area (Å²) in [5, 5.41) is 12.3.